The molecule has 0 aliphatic heterocycles. The van der Waals surface area contributed by atoms with E-state index in [9.17, 15) is 10.1 Å². The molecule has 1 N–H and O–H groups in total. The van der Waals surface area contributed by atoms with Crippen LogP contribution >= 0.6 is 11.3 Å². The zero-order valence-electron chi connectivity index (χ0n) is 11.2. The highest BCUT2D eigenvalue weighted by Crippen LogP contribution is 2.30. The monoisotopic (exact) mass is 300 g/mol. The van der Waals surface area contributed by atoms with E-state index in [1.807, 2.05) is 25.1 Å². The van der Waals surface area contributed by atoms with E-state index in [0.29, 0.717) is 0 Å². The Morgan fingerprint density at radius 3 is 2.90 bits per heavy atom. The molecule has 106 valence electrons. The Kier molecular flexibility index (Phi) is 3.49. The average molecular weight is 300 g/mol. The number of thiazole rings is 1. The predicted molar refractivity (Wildman–Crippen MR) is 82.5 cm³/mol. The lowest BCUT2D eigenvalue weighted by molar-refractivity contribution is -0.384. The van der Waals surface area contributed by atoms with Gasteiger partial charge in [0.25, 0.3) is 5.69 Å². The van der Waals surface area contributed by atoms with Crippen LogP contribution in [0.2, 0.25) is 0 Å². The Balaban J connectivity index is 1.86. The molecule has 0 radical (unpaired) electrons. The first-order chi connectivity index (χ1) is 10.1. The van der Waals surface area contributed by atoms with Gasteiger partial charge in [-0.2, -0.15) is 0 Å². The van der Waals surface area contributed by atoms with E-state index in [-0.39, 0.29) is 11.7 Å². The van der Waals surface area contributed by atoms with Crippen molar-refractivity contribution in [3.8, 4) is 0 Å². The molecule has 7 heteroatoms. The average Bonchev–Trinajstić information content (AvgIpc) is 2.89. The molecule has 21 heavy (non-hydrogen) atoms. The summed E-state index contributed by atoms with van der Waals surface area (Å²) < 4.78 is 0.792. The van der Waals surface area contributed by atoms with E-state index in [2.05, 4.69) is 15.3 Å². The second-order valence-electron chi connectivity index (χ2n) is 4.55. The van der Waals surface area contributed by atoms with Crippen LogP contribution in [0.4, 0.5) is 10.8 Å². The van der Waals surface area contributed by atoms with Crippen LogP contribution in [0.5, 0.6) is 0 Å². The third kappa shape index (κ3) is 2.82. The van der Waals surface area contributed by atoms with Gasteiger partial charge in [0, 0.05) is 18.3 Å². The van der Waals surface area contributed by atoms with Gasteiger partial charge >= 0.3 is 0 Å². The largest absolute Gasteiger partial charge is 0.353 e. The number of benzene rings is 1. The topological polar surface area (TPSA) is 81.0 Å². The molecule has 0 amide bonds. The van der Waals surface area contributed by atoms with E-state index in [1.165, 1.54) is 17.4 Å². The van der Waals surface area contributed by atoms with E-state index >= 15 is 0 Å². The second-order valence-corrected chi connectivity index (χ2v) is 5.58. The van der Waals surface area contributed by atoms with Gasteiger partial charge in [-0.1, -0.05) is 17.4 Å². The van der Waals surface area contributed by atoms with Crippen molar-refractivity contribution in [3.05, 3.63) is 58.4 Å². The van der Waals surface area contributed by atoms with Gasteiger partial charge in [0.1, 0.15) is 0 Å². The highest BCUT2D eigenvalue weighted by Gasteiger charge is 2.12. The smallest absolute Gasteiger partial charge is 0.270 e. The molecule has 0 aliphatic rings. The minimum absolute atomic E-state index is 0.0155. The number of anilines is 1. The van der Waals surface area contributed by atoms with Crippen LogP contribution < -0.4 is 5.32 Å². The number of fused-ring (bicyclic) bond motifs is 1. The van der Waals surface area contributed by atoms with Crippen LogP contribution in [-0.4, -0.2) is 14.9 Å². The number of aromatic nitrogens is 2. The number of hydrogen-bond donors (Lipinski definition) is 1. The lowest BCUT2D eigenvalue weighted by atomic mass is 10.2. The number of nitrogens with zero attached hydrogens (tertiary/aromatic N) is 3. The molecule has 2 heterocycles. The molecule has 0 saturated carbocycles. The van der Waals surface area contributed by atoms with Gasteiger partial charge in [0.05, 0.1) is 26.9 Å². The van der Waals surface area contributed by atoms with Crippen LogP contribution in [0.1, 0.15) is 18.7 Å². The number of hydrogen-bond acceptors (Lipinski definition) is 6. The summed E-state index contributed by atoms with van der Waals surface area (Å²) in [6, 6.07) is 10.4. The fourth-order valence-electron chi connectivity index (χ4n) is 1.98. The number of nitro groups is 1. The molecule has 3 rings (SSSR count). The Morgan fingerprint density at radius 1 is 1.33 bits per heavy atom. The number of non-ortho nitro benzene ring substituents is 1. The molecule has 0 aliphatic carbocycles. The summed E-state index contributed by atoms with van der Waals surface area (Å²) in [5.41, 5.74) is 1.75. The normalized spacial score (nSPS) is 12.2. The number of pyridine rings is 1. The van der Waals surface area contributed by atoms with Gasteiger partial charge in [-0.25, -0.2) is 4.98 Å². The summed E-state index contributed by atoms with van der Waals surface area (Å²) in [7, 11) is 0. The maximum absolute atomic E-state index is 10.8. The van der Waals surface area contributed by atoms with Crippen LogP contribution in [0.25, 0.3) is 10.2 Å². The first-order valence-electron chi connectivity index (χ1n) is 6.36. The zero-order chi connectivity index (χ0) is 14.8. The standard InChI is InChI=1S/C14H12N4O2S/c1-9(11-4-2-3-7-15-11)16-14-17-12-6-5-10(18(19)20)8-13(12)21-14/h2-9H,1H3,(H,16,17). The third-order valence-electron chi connectivity index (χ3n) is 3.05. The van der Waals surface area contributed by atoms with Gasteiger partial charge in [-0.15, -0.1) is 0 Å². The lowest BCUT2D eigenvalue weighted by Gasteiger charge is -2.11. The summed E-state index contributed by atoms with van der Waals surface area (Å²) in [6.07, 6.45) is 1.75. The van der Waals surface area contributed by atoms with Crippen molar-refractivity contribution in [1.82, 2.24) is 9.97 Å². The van der Waals surface area contributed by atoms with Crippen LogP contribution in [-0.2, 0) is 0 Å². The van der Waals surface area contributed by atoms with E-state index in [4.69, 9.17) is 0 Å². The van der Waals surface area contributed by atoms with Gasteiger partial charge in [0.15, 0.2) is 5.13 Å². The molecular formula is C14H12N4O2S. The molecule has 0 bridgehead atoms. The minimum Gasteiger partial charge on any atom is -0.353 e. The van der Waals surface area contributed by atoms with Crippen molar-refractivity contribution in [2.75, 3.05) is 5.32 Å². The Bertz CT molecular complexity index is 788. The Hall–Kier alpha value is -2.54. The number of nitro benzene ring substituents is 1. The van der Waals surface area contributed by atoms with E-state index < -0.39 is 4.92 Å². The summed E-state index contributed by atoms with van der Waals surface area (Å²) in [5, 5.41) is 14.8. The van der Waals surface area contributed by atoms with Crippen LogP contribution in [0.15, 0.2) is 42.6 Å². The zero-order valence-corrected chi connectivity index (χ0v) is 12.0. The molecule has 1 atom stereocenters. The van der Waals surface area contributed by atoms with E-state index in [0.717, 1.165) is 21.0 Å². The Labute approximate surface area is 124 Å². The van der Waals surface area contributed by atoms with Crippen LogP contribution in [0, 0.1) is 10.1 Å². The summed E-state index contributed by atoms with van der Waals surface area (Å²) in [6.45, 7) is 2.00. The SMILES string of the molecule is CC(Nc1nc2ccc([N+](=O)[O-])cc2s1)c1ccccn1. The fraction of sp³-hybridized carbons (Fsp3) is 0.143. The number of rotatable bonds is 4. The molecule has 6 nitrogen and oxygen atoms in total. The molecule has 0 saturated heterocycles. The molecule has 1 aromatic carbocycles. The first-order valence-corrected chi connectivity index (χ1v) is 7.17. The minimum atomic E-state index is -0.400. The van der Waals surface area contributed by atoms with Crippen molar-refractivity contribution in [3.63, 3.8) is 0 Å². The predicted octanol–water partition coefficient (Wildman–Crippen LogP) is 3.77. The summed E-state index contributed by atoms with van der Waals surface area (Å²) in [5.74, 6) is 0. The maximum atomic E-state index is 10.8. The van der Waals surface area contributed by atoms with Crippen molar-refractivity contribution in [2.24, 2.45) is 0 Å². The van der Waals surface area contributed by atoms with Crippen molar-refractivity contribution < 1.29 is 4.92 Å². The Morgan fingerprint density at radius 2 is 2.19 bits per heavy atom. The van der Waals surface area contributed by atoms with Gasteiger partial charge in [-0.3, -0.25) is 15.1 Å². The number of nitrogens with one attached hydrogen (secondary N) is 1. The van der Waals surface area contributed by atoms with Gasteiger partial charge in [-0.05, 0) is 25.1 Å². The fourth-order valence-corrected chi connectivity index (χ4v) is 2.97. The lowest BCUT2D eigenvalue weighted by Crippen LogP contribution is -2.07. The first kappa shape index (κ1) is 13.4. The molecule has 0 spiro atoms. The molecule has 2 aromatic heterocycles. The molecule has 3 aromatic rings. The second kappa shape index (κ2) is 5.45. The van der Waals surface area contributed by atoms with Crippen molar-refractivity contribution >= 4 is 32.4 Å². The van der Waals surface area contributed by atoms with Gasteiger partial charge in [0.2, 0.25) is 0 Å². The molecule has 1 unspecified atom stereocenters. The molecular weight excluding hydrogens is 288 g/mol. The molecule has 0 fully saturated rings. The van der Waals surface area contributed by atoms with Crippen LogP contribution in [0.3, 0.4) is 0 Å². The van der Waals surface area contributed by atoms with Crippen molar-refractivity contribution in [2.45, 2.75) is 13.0 Å². The third-order valence-corrected chi connectivity index (χ3v) is 4.00. The highest BCUT2D eigenvalue weighted by atomic mass is 32.1. The van der Waals surface area contributed by atoms with E-state index in [1.54, 1.807) is 18.3 Å². The maximum Gasteiger partial charge on any atom is 0.270 e. The summed E-state index contributed by atoms with van der Waals surface area (Å²) in [4.78, 5) is 19.1. The quantitative estimate of drug-likeness (QED) is 0.586. The van der Waals surface area contributed by atoms with Crippen molar-refractivity contribution in [1.29, 1.82) is 0 Å². The van der Waals surface area contributed by atoms with Gasteiger partial charge < -0.3 is 5.32 Å². The summed E-state index contributed by atoms with van der Waals surface area (Å²) >= 11 is 1.40. The highest BCUT2D eigenvalue weighted by molar-refractivity contribution is 7.22.